The highest BCUT2D eigenvalue weighted by Gasteiger charge is 2.63. The molecule has 15 heteroatoms. The number of urea groups is 1. The predicted octanol–water partition coefficient (Wildman–Crippen LogP) is -3.12. The summed E-state index contributed by atoms with van der Waals surface area (Å²) in [5, 5.41) is 3.45. The van der Waals surface area contributed by atoms with Gasteiger partial charge in [0.05, 0.1) is 31.4 Å². The van der Waals surface area contributed by atoms with E-state index in [9.17, 15) is 22.8 Å². The van der Waals surface area contributed by atoms with Crippen molar-refractivity contribution >= 4 is 28.2 Å². The van der Waals surface area contributed by atoms with Gasteiger partial charge in [-0.05, 0) is 6.42 Å². The number of hydrogen-bond donors (Lipinski definition) is 4. The number of carbonyl (C=O) groups is 3. The Kier molecular flexibility index (Phi) is 4.91. The molecule has 0 aromatic carbocycles. The van der Waals surface area contributed by atoms with Crippen LogP contribution in [0.1, 0.15) is 12.8 Å². The highest BCUT2D eigenvalue weighted by molar-refractivity contribution is 7.80. The Hall–Kier alpha value is -2.04. The zero-order valence-corrected chi connectivity index (χ0v) is 16.0. The van der Waals surface area contributed by atoms with Gasteiger partial charge in [-0.25, -0.2) is 10.3 Å². The molecule has 0 radical (unpaired) electrons. The molecule has 4 fully saturated rings. The van der Waals surface area contributed by atoms with Crippen LogP contribution in [0, 0.1) is 5.41 Å². The number of ether oxygens (including phenoxy) is 1. The maximum absolute atomic E-state index is 12.7. The lowest BCUT2D eigenvalue weighted by Crippen LogP contribution is -2.63. The van der Waals surface area contributed by atoms with Gasteiger partial charge in [0.25, 0.3) is 5.91 Å². The summed E-state index contributed by atoms with van der Waals surface area (Å²) in [7, 11) is -4.92. The molecule has 0 aromatic rings. The highest BCUT2D eigenvalue weighted by atomic mass is 32.3. The van der Waals surface area contributed by atoms with E-state index in [1.807, 2.05) is 0 Å². The largest absolute Gasteiger partial charge is 0.418 e. The van der Waals surface area contributed by atoms with Crippen molar-refractivity contribution in [3.8, 4) is 0 Å². The number of piperidine rings is 1. The fourth-order valence-corrected chi connectivity index (χ4v) is 4.62. The summed E-state index contributed by atoms with van der Waals surface area (Å²) < 4.78 is 40.9. The van der Waals surface area contributed by atoms with Gasteiger partial charge in [-0.3, -0.25) is 19.0 Å². The average Bonchev–Trinajstić information content (AvgIpc) is 3.18. The Labute approximate surface area is 165 Å². The molecule has 4 unspecified atom stereocenters. The van der Waals surface area contributed by atoms with Crippen LogP contribution in [-0.4, -0.2) is 91.3 Å². The summed E-state index contributed by atoms with van der Waals surface area (Å²) in [6.45, 7) is 0.769. The van der Waals surface area contributed by atoms with Crippen LogP contribution in [0.3, 0.4) is 0 Å². The van der Waals surface area contributed by atoms with Gasteiger partial charge in [-0.1, -0.05) is 0 Å². The van der Waals surface area contributed by atoms with E-state index in [0.29, 0.717) is 18.0 Å². The van der Waals surface area contributed by atoms with Crippen molar-refractivity contribution in [3.05, 3.63) is 0 Å². The summed E-state index contributed by atoms with van der Waals surface area (Å²) in [6.07, 6.45) is 0.0256. The third kappa shape index (κ3) is 3.64. The summed E-state index contributed by atoms with van der Waals surface area (Å²) in [5.74, 6) is -1.12. The first kappa shape index (κ1) is 20.2. The van der Waals surface area contributed by atoms with E-state index in [4.69, 9.17) is 19.9 Å². The first-order valence-corrected chi connectivity index (χ1v) is 10.3. The number of nitrogens with one attached hydrogen (secondary N) is 2. The molecule has 4 aliphatic heterocycles. The number of hydrogen-bond acceptors (Lipinski definition) is 9. The number of nitrogens with zero attached hydrogens (tertiary/aromatic N) is 2. The number of amides is 4. The lowest BCUT2D eigenvalue weighted by Gasteiger charge is -2.50. The van der Waals surface area contributed by atoms with E-state index in [1.54, 1.807) is 0 Å². The second-order valence-electron chi connectivity index (χ2n) is 7.66. The maximum atomic E-state index is 12.7. The zero-order chi connectivity index (χ0) is 21.0. The number of primary amides is 1. The van der Waals surface area contributed by atoms with Crippen LogP contribution in [-0.2, 0) is 33.8 Å². The van der Waals surface area contributed by atoms with Crippen molar-refractivity contribution in [3.63, 3.8) is 0 Å². The van der Waals surface area contributed by atoms with Gasteiger partial charge >= 0.3 is 16.4 Å². The fraction of sp³-hybridized carbons (Fsp3) is 0.786. The summed E-state index contributed by atoms with van der Waals surface area (Å²) in [4.78, 5) is 43.0. The number of rotatable bonds is 6. The van der Waals surface area contributed by atoms with Crippen molar-refractivity contribution in [1.29, 1.82) is 0 Å². The number of fused-ring (bicyclic) bond motifs is 3. The van der Waals surface area contributed by atoms with Gasteiger partial charge in [0.2, 0.25) is 5.91 Å². The summed E-state index contributed by atoms with van der Waals surface area (Å²) >= 11 is 0. The fourth-order valence-electron chi connectivity index (χ4n) is 4.25. The normalized spacial score (nSPS) is 33.1. The molecule has 2 bridgehead atoms. The second kappa shape index (κ2) is 7.03. The topological polar surface area (TPSA) is 190 Å². The number of hydroxylamine groups is 3. The molecule has 4 heterocycles. The Balaban J connectivity index is 1.44. The molecule has 0 aliphatic carbocycles. The molecular formula is C14H21N5O9S. The molecule has 14 nitrogen and oxygen atoms in total. The molecule has 0 aromatic heterocycles. The van der Waals surface area contributed by atoms with Crippen molar-refractivity contribution in [1.82, 2.24) is 20.8 Å². The van der Waals surface area contributed by atoms with Crippen molar-refractivity contribution < 1.29 is 41.2 Å². The minimum absolute atomic E-state index is 0.0323. The van der Waals surface area contributed by atoms with E-state index in [-0.39, 0.29) is 26.2 Å². The van der Waals surface area contributed by atoms with Gasteiger partial charge in [0, 0.05) is 24.9 Å². The zero-order valence-electron chi connectivity index (χ0n) is 15.1. The van der Waals surface area contributed by atoms with Crippen LogP contribution in [0.2, 0.25) is 0 Å². The molecule has 4 rings (SSSR count). The van der Waals surface area contributed by atoms with Crippen LogP contribution >= 0.6 is 0 Å². The molecule has 4 atom stereocenters. The second-order valence-corrected chi connectivity index (χ2v) is 8.66. The van der Waals surface area contributed by atoms with E-state index >= 15 is 0 Å². The van der Waals surface area contributed by atoms with Gasteiger partial charge in [-0.15, -0.1) is 4.28 Å². The van der Waals surface area contributed by atoms with Gasteiger partial charge in [-0.2, -0.15) is 13.5 Å². The molecule has 29 heavy (non-hydrogen) atoms. The molecular weight excluding hydrogens is 414 g/mol. The van der Waals surface area contributed by atoms with E-state index in [0.717, 1.165) is 4.90 Å². The monoisotopic (exact) mass is 435 g/mol. The summed E-state index contributed by atoms with van der Waals surface area (Å²) in [5.41, 5.74) is 6.85. The van der Waals surface area contributed by atoms with Gasteiger partial charge < -0.3 is 20.7 Å². The molecule has 4 amide bonds. The number of carbonyl (C=O) groups excluding carboxylic acids is 3. The Morgan fingerprint density at radius 2 is 2.10 bits per heavy atom. The van der Waals surface area contributed by atoms with Crippen LogP contribution in [0.4, 0.5) is 4.79 Å². The smallest absolute Gasteiger partial charge is 0.380 e. The Morgan fingerprint density at radius 1 is 1.38 bits per heavy atom. The standard InChI is InChI=1S/C14H21N5O9S/c15-11(20)8-1-7(3-16-8)27-17-12(21)9-2-14(5-26-6-14)10-4-18(9)13(22)19(10)28-29(23,24)25/h7-10,16H,1-6H2,(H2,15,20)(H,17,21)(H,23,24,25). The molecule has 162 valence electrons. The minimum atomic E-state index is -4.92. The molecule has 4 aliphatic rings. The summed E-state index contributed by atoms with van der Waals surface area (Å²) in [6, 6.07) is -3.04. The maximum Gasteiger partial charge on any atom is 0.418 e. The third-order valence-corrected chi connectivity index (χ3v) is 6.14. The van der Waals surface area contributed by atoms with E-state index in [1.165, 1.54) is 0 Å². The van der Waals surface area contributed by atoms with Gasteiger partial charge in [0.1, 0.15) is 6.04 Å². The molecule has 4 saturated heterocycles. The third-order valence-electron chi connectivity index (χ3n) is 5.79. The lowest BCUT2D eigenvalue weighted by molar-refractivity contribution is -0.194. The van der Waals surface area contributed by atoms with E-state index in [2.05, 4.69) is 15.1 Å². The molecule has 0 saturated carbocycles. The van der Waals surface area contributed by atoms with Crippen LogP contribution in [0.5, 0.6) is 0 Å². The SMILES string of the molecule is NC(=O)C1CC(ONC(=O)C2CC3(COC3)C3CN2C(=O)N3OS(=O)(=O)O)CN1. The van der Waals surface area contributed by atoms with Crippen molar-refractivity contribution in [2.45, 2.75) is 37.1 Å². The van der Waals surface area contributed by atoms with Crippen LogP contribution in [0.25, 0.3) is 0 Å². The van der Waals surface area contributed by atoms with Crippen LogP contribution < -0.4 is 16.5 Å². The average molecular weight is 435 g/mol. The highest BCUT2D eigenvalue weighted by Crippen LogP contribution is 2.47. The first-order chi connectivity index (χ1) is 13.6. The number of nitrogens with two attached hydrogens (primary N) is 1. The molecule has 5 N–H and O–H groups in total. The Bertz CT molecular complexity index is 831. The van der Waals surface area contributed by atoms with E-state index < -0.39 is 57.9 Å². The molecule has 1 spiro atoms. The Morgan fingerprint density at radius 3 is 2.66 bits per heavy atom. The van der Waals surface area contributed by atoms with Crippen molar-refractivity contribution in [2.75, 3.05) is 26.3 Å². The predicted molar refractivity (Wildman–Crippen MR) is 90.6 cm³/mol. The quantitative estimate of drug-likeness (QED) is 0.245. The van der Waals surface area contributed by atoms with Gasteiger partial charge in [0.15, 0.2) is 0 Å². The lowest BCUT2D eigenvalue weighted by atomic mass is 9.71. The first-order valence-electron chi connectivity index (χ1n) is 8.92. The van der Waals surface area contributed by atoms with Crippen molar-refractivity contribution in [2.24, 2.45) is 11.1 Å². The van der Waals surface area contributed by atoms with Crippen LogP contribution in [0.15, 0.2) is 0 Å². The minimum Gasteiger partial charge on any atom is -0.380 e.